The highest BCUT2D eigenvalue weighted by Gasteiger charge is 2.09. The SMILES string of the molecule is COSI.Nc1cc(Br)c(NC[C@@H](O)COCc2ccccc2)cc1F. The third-order valence-corrected chi connectivity index (χ3v) is 4.96. The van der Waals surface area contributed by atoms with Crippen LogP contribution >= 0.6 is 46.3 Å². The quantitative estimate of drug-likeness (QED) is 0.246. The third-order valence-electron chi connectivity index (χ3n) is 3.10. The van der Waals surface area contributed by atoms with Crippen molar-refractivity contribution in [3.05, 3.63) is 58.3 Å². The molecule has 0 saturated heterocycles. The van der Waals surface area contributed by atoms with Gasteiger partial charge in [0.05, 0.1) is 47.0 Å². The number of nitrogens with one attached hydrogen (secondary N) is 1. The van der Waals surface area contributed by atoms with Crippen LogP contribution in [0.3, 0.4) is 0 Å². The van der Waals surface area contributed by atoms with Gasteiger partial charge in [0.25, 0.3) is 0 Å². The number of halogens is 3. The standard InChI is InChI=1S/C16H18BrFN2O2.CH3IOS/c17-13-6-15(19)14(18)7-16(13)20-8-12(21)10-22-9-11-4-2-1-3-5-11;1-3-4-2/h1-7,12,20-21H,8-10,19H2;1H3/t12-;/m1./s1. The fourth-order valence-corrected chi connectivity index (χ4v) is 2.37. The van der Waals surface area contributed by atoms with Gasteiger partial charge in [-0.1, -0.05) is 30.3 Å². The van der Waals surface area contributed by atoms with Gasteiger partial charge in [-0.3, -0.25) is 0 Å². The zero-order chi connectivity index (χ0) is 19.4. The van der Waals surface area contributed by atoms with E-state index in [9.17, 15) is 9.50 Å². The highest BCUT2D eigenvalue weighted by molar-refractivity contribution is 14.2. The zero-order valence-corrected chi connectivity index (χ0v) is 18.7. The summed E-state index contributed by atoms with van der Waals surface area (Å²) in [4.78, 5) is 0. The van der Waals surface area contributed by atoms with Crippen LogP contribution in [0, 0.1) is 5.82 Å². The van der Waals surface area contributed by atoms with Gasteiger partial charge < -0.3 is 25.1 Å². The van der Waals surface area contributed by atoms with Gasteiger partial charge in [0.2, 0.25) is 0 Å². The van der Waals surface area contributed by atoms with Gasteiger partial charge in [0.15, 0.2) is 0 Å². The molecule has 0 fully saturated rings. The van der Waals surface area contributed by atoms with Crippen molar-refractivity contribution in [2.45, 2.75) is 12.7 Å². The molecule has 26 heavy (non-hydrogen) atoms. The maximum absolute atomic E-state index is 13.4. The molecule has 0 radical (unpaired) electrons. The second-order valence-electron chi connectivity index (χ2n) is 5.12. The summed E-state index contributed by atoms with van der Waals surface area (Å²) in [5.74, 6) is -0.500. The van der Waals surface area contributed by atoms with Crippen molar-refractivity contribution in [1.29, 1.82) is 0 Å². The number of anilines is 2. The molecular formula is C17H21BrFIN2O3S. The molecule has 5 nitrogen and oxygen atoms in total. The van der Waals surface area contributed by atoms with Crippen LogP contribution in [0.15, 0.2) is 46.9 Å². The van der Waals surface area contributed by atoms with Crippen molar-refractivity contribution in [3.8, 4) is 0 Å². The Kier molecular flexibility index (Phi) is 12.2. The minimum absolute atomic E-state index is 0.0733. The van der Waals surface area contributed by atoms with E-state index in [0.29, 0.717) is 16.8 Å². The maximum atomic E-state index is 13.4. The summed E-state index contributed by atoms with van der Waals surface area (Å²) in [6.45, 7) is 0.881. The molecule has 0 spiro atoms. The minimum Gasteiger partial charge on any atom is -0.396 e. The van der Waals surface area contributed by atoms with Crippen molar-refractivity contribution in [1.82, 2.24) is 0 Å². The number of aliphatic hydroxyl groups is 1. The Morgan fingerprint density at radius 3 is 2.62 bits per heavy atom. The summed E-state index contributed by atoms with van der Waals surface area (Å²) >= 11 is 5.34. The van der Waals surface area contributed by atoms with E-state index in [1.807, 2.05) is 51.5 Å². The van der Waals surface area contributed by atoms with Crippen molar-refractivity contribution in [2.75, 3.05) is 31.3 Å². The monoisotopic (exact) mass is 558 g/mol. The average Bonchev–Trinajstić information content (AvgIpc) is 2.64. The summed E-state index contributed by atoms with van der Waals surface area (Å²) in [6, 6.07) is 12.5. The first kappa shape index (κ1) is 23.4. The van der Waals surface area contributed by atoms with E-state index < -0.39 is 11.9 Å². The average molecular weight is 559 g/mol. The Balaban J connectivity index is 0.000000765. The van der Waals surface area contributed by atoms with Crippen LogP contribution in [-0.2, 0) is 15.5 Å². The van der Waals surface area contributed by atoms with Gasteiger partial charge in [-0.15, -0.1) is 0 Å². The summed E-state index contributed by atoms with van der Waals surface area (Å²) in [5.41, 5.74) is 7.12. The fraction of sp³-hybridized carbons (Fsp3) is 0.294. The first-order valence-electron chi connectivity index (χ1n) is 7.57. The van der Waals surface area contributed by atoms with Gasteiger partial charge in [-0.05, 0) is 27.6 Å². The van der Waals surface area contributed by atoms with Crippen molar-refractivity contribution in [2.24, 2.45) is 0 Å². The van der Waals surface area contributed by atoms with Crippen LogP contribution in [0.5, 0.6) is 0 Å². The van der Waals surface area contributed by atoms with Crippen molar-refractivity contribution >= 4 is 57.7 Å². The molecule has 0 heterocycles. The number of nitrogen functional groups attached to an aromatic ring is 1. The molecule has 0 aliphatic rings. The third kappa shape index (κ3) is 9.38. The molecular weight excluding hydrogens is 538 g/mol. The van der Waals surface area contributed by atoms with E-state index in [4.69, 9.17) is 10.5 Å². The normalized spacial score (nSPS) is 11.4. The van der Waals surface area contributed by atoms with E-state index in [2.05, 4.69) is 25.4 Å². The van der Waals surface area contributed by atoms with E-state index in [1.54, 1.807) is 7.11 Å². The van der Waals surface area contributed by atoms with Crippen LogP contribution in [0.25, 0.3) is 0 Å². The van der Waals surface area contributed by atoms with Crippen LogP contribution in [-0.4, -0.2) is 31.5 Å². The number of hydrogen-bond donors (Lipinski definition) is 3. The summed E-state index contributed by atoms with van der Waals surface area (Å²) in [7, 11) is 2.96. The summed E-state index contributed by atoms with van der Waals surface area (Å²) in [5, 5.41) is 12.8. The lowest BCUT2D eigenvalue weighted by Gasteiger charge is -2.15. The first-order valence-corrected chi connectivity index (χ1v) is 11.6. The molecule has 9 heteroatoms. The van der Waals surface area contributed by atoms with Crippen LogP contribution < -0.4 is 11.1 Å². The molecule has 0 unspecified atom stereocenters. The number of aliphatic hydroxyl groups excluding tert-OH is 1. The number of rotatable bonds is 8. The van der Waals surface area contributed by atoms with E-state index >= 15 is 0 Å². The fourth-order valence-electron chi connectivity index (χ4n) is 1.87. The zero-order valence-electron chi connectivity index (χ0n) is 14.1. The second-order valence-corrected chi connectivity index (χ2v) is 7.51. The van der Waals surface area contributed by atoms with Gasteiger partial charge >= 0.3 is 0 Å². The Labute approximate surface area is 177 Å². The Hall–Kier alpha value is -0.590. The second kappa shape index (κ2) is 13.6. The Morgan fingerprint density at radius 2 is 2.00 bits per heavy atom. The van der Waals surface area contributed by atoms with E-state index in [0.717, 1.165) is 5.56 Å². The van der Waals surface area contributed by atoms with Gasteiger partial charge in [0, 0.05) is 38.3 Å². The highest BCUT2D eigenvalue weighted by atomic mass is 127. The van der Waals surface area contributed by atoms with Gasteiger partial charge in [-0.25, -0.2) is 4.39 Å². The van der Waals surface area contributed by atoms with E-state index in [-0.39, 0.29) is 18.8 Å². The number of hydrogen-bond acceptors (Lipinski definition) is 6. The number of nitrogens with two attached hydrogens (primary N) is 1. The van der Waals surface area contributed by atoms with Crippen LogP contribution in [0.2, 0.25) is 0 Å². The minimum atomic E-state index is -0.698. The van der Waals surface area contributed by atoms with Gasteiger partial charge in [-0.2, -0.15) is 0 Å². The van der Waals surface area contributed by atoms with E-state index in [1.165, 1.54) is 21.3 Å². The van der Waals surface area contributed by atoms with Crippen LogP contribution in [0.1, 0.15) is 5.56 Å². The van der Waals surface area contributed by atoms with Crippen molar-refractivity contribution < 1.29 is 18.4 Å². The Bertz CT molecular complexity index is 653. The molecule has 0 bridgehead atoms. The maximum Gasteiger partial charge on any atom is 0.148 e. The highest BCUT2D eigenvalue weighted by Crippen LogP contribution is 2.27. The van der Waals surface area contributed by atoms with Crippen molar-refractivity contribution in [3.63, 3.8) is 0 Å². The lowest BCUT2D eigenvalue weighted by atomic mass is 10.2. The molecule has 0 saturated carbocycles. The molecule has 4 N–H and O–H groups in total. The molecule has 144 valence electrons. The number of ether oxygens (including phenoxy) is 1. The molecule has 0 aliphatic carbocycles. The lowest BCUT2D eigenvalue weighted by Crippen LogP contribution is -2.25. The molecule has 2 aromatic rings. The molecule has 2 rings (SSSR count). The molecule has 1 atom stereocenters. The summed E-state index contributed by atoms with van der Waals surface area (Å²) in [6.07, 6.45) is -0.698. The predicted molar refractivity (Wildman–Crippen MR) is 118 cm³/mol. The van der Waals surface area contributed by atoms with Crippen LogP contribution in [0.4, 0.5) is 15.8 Å². The molecule has 0 aromatic heterocycles. The van der Waals surface area contributed by atoms with Gasteiger partial charge in [0.1, 0.15) is 5.82 Å². The topological polar surface area (TPSA) is 76.7 Å². The summed E-state index contributed by atoms with van der Waals surface area (Å²) < 4.78 is 23.9. The predicted octanol–water partition coefficient (Wildman–Crippen LogP) is 4.79. The largest absolute Gasteiger partial charge is 0.396 e. The molecule has 0 aliphatic heterocycles. The molecule has 2 aromatic carbocycles. The Morgan fingerprint density at radius 1 is 1.35 bits per heavy atom. The number of benzene rings is 2. The first-order chi connectivity index (χ1) is 12.5. The molecule has 0 amide bonds. The lowest BCUT2D eigenvalue weighted by molar-refractivity contribution is 0.0348. The smallest absolute Gasteiger partial charge is 0.148 e.